The van der Waals surface area contributed by atoms with Gasteiger partial charge in [-0.3, -0.25) is 0 Å². The Balaban J connectivity index is 2.25. The standard InChI is InChI=1S/C12H18N2O/c1-8(2)10-6-12(13-3)14-7-11(10)15-9-4-5-9/h6-9H,4-5H2,1-3H3,(H,13,14). The van der Waals surface area contributed by atoms with E-state index < -0.39 is 0 Å². The molecule has 0 saturated heterocycles. The molecule has 3 nitrogen and oxygen atoms in total. The van der Waals surface area contributed by atoms with Crippen LogP contribution in [0, 0.1) is 0 Å². The van der Waals surface area contributed by atoms with Gasteiger partial charge in [0.15, 0.2) is 0 Å². The zero-order valence-electron chi connectivity index (χ0n) is 9.58. The van der Waals surface area contributed by atoms with Crippen molar-refractivity contribution in [3.63, 3.8) is 0 Å². The van der Waals surface area contributed by atoms with Crippen molar-refractivity contribution in [1.82, 2.24) is 4.98 Å². The fourth-order valence-electron chi connectivity index (χ4n) is 1.51. The Morgan fingerprint density at radius 2 is 2.20 bits per heavy atom. The first-order chi connectivity index (χ1) is 7.20. The van der Waals surface area contributed by atoms with Gasteiger partial charge in [0.1, 0.15) is 11.6 Å². The van der Waals surface area contributed by atoms with Gasteiger partial charge in [0, 0.05) is 12.6 Å². The van der Waals surface area contributed by atoms with Crippen molar-refractivity contribution in [3.8, 4) is 5.75 Å². The van der Waals surface area contributed by atoms with E-state index in [1.165, 1.54) is 18.4 Å². The molecular formula is C12H18N2O. The number of rotatable bonds is 4. The Morgan fingerprint density at radius 1 is 1.47 bits per heavy atom. The summed E-state index contributed by atoms with van der Waals surface area (Å²) in [5, 5.41) is 3.05. The lowest BCUT2D eigenvalue weighted by Crippen LogP contribution is -2.03. The Bertz CT molecular complexity index is 345. The maximum absolute atomic E-state index is 5.83. The van der Waals surface area contributed by atoms with Crippen LogP contribution in [-0.4, -0.2) is 18.1 Å². The van der Waals surface area contributed by atoms with Crippen LogP contribution in [0.4, 0.5) is 5.82 Å². The van der Waals surface area contributed by atoms with E-state index in [0.29, 0.717) is 12.0 Å². The molecule has 1 fully saturated rings. The van der Waals surface area contributed by atoms with Crippen LogP contribution in [0.2, 0.25) is 0 Å². The molecule has 1 aliphatic rings. The lowest BCUT2D eigenvalue weighted by Gasteiger charge is -2.14. The minimum absolute atomic E-state index is 0.435. The summed E-state index contributed by atoms with van der Waals surface area (Å²) in [6.45, 7) is 4.35. The minimum Gasteiger partial charge on any atom is -0.489 e. The molecule has 1 heterocycles. The molecule has 1 aliphatic carbocycles. The van der Waals surface area contributed by atoms with Gasteiger partial charge in [-0.1, -0.05) is 13.8 Å². The molecule has 1 saturated carbocycles. The second kappa shape index (κ2) is 4.09. The van der Waals surface area contributed by atoms with Crippen molar-refractivity contribution in [3.05, 3.63) is 17.8 Å². The normalized spacial score (nSPS) is 15.5. The summed E-state index contributed by atoms with van der Waals surface area (Å²) in [6.07, 6.45) is 4.64. The lowest BCUT2D eigenvalue weighted by atomic mass is 10.0. The summed E-state index contributed by atoms with van der Waals surface area (Å²) in [5.74, 6) is 2.32. The summed E-state index contributed by atoms with van der Waals surface area (Å²) in [6, 6.07) is 2.07. The van der Waals surface area contributed by atoms with Gasteiger partial charge in [0.25, 0.3) is 0 Å². The lowest BCUT2D eigenvalue weighted by molar-refractivity contribution is 0.297. The summed E-state index contributed by atoms with van der Waals surface area (Å²) in [5.41, 5.74) is 1.24. The smallest absolute Gasteiger partial charge is 0.141 e. The van der Waals surface area contributed by atoms with E-state index in [9.17, 15) is 0 Å². The molecule has 15 heavy (non-hydrogen) atoms. The number of nitrogens with zero attached hydrogens (tertiary/aromatic N) is 1. The Labute approximate surface area is 90.9 Å². The van der Waals surface area contributed by atoms with Crippen molar-refractivity contribution < 1.29 is 4.74 Å². The average Bonchev–Trinajstić information content (AvgIpc) is 3.02. The van der Waals surface area contributed by atoms with Gasteiger partial charge in [-0.05, 0) is 24.8 Å². The fourth-order valence-corrected chi connectivity index (χ4v) is 1.51. The number of ether oxygens (including phenoxy) is 1. The van der Waals surface area contributed by atoms with Gasteiger partial charge in [-0.2, -0.15) is 0 Å². The molecule has 1 aromatic rings. The molecule has 2 rings (SSSR count). The SMILES string of the molecule is CNc1cc(C(C)C)c(OC2CC2)cn1. The maximum Gasteiger partial charge on any atom is 0.141 e. The number of hydrogen-bond donors (Lipinski definition) is 1. The quantitative estimate of drug-likeness (QED) is 0.822. The minimum atomic E-state index is 0.435. The van der Waals surface area contributed by atoms with E-state index in [4.69, 9.17) is 4.74 Å². The number of nitrogens with one attached hydrogen (secondary N) is 1. The van der Waals surface area contributed by atoms with Gasteiger partial charge in [-0.15, -0.1) is 0 Å². The van der Waals surface area contributed by atoms with Crippen molar-refractivity contribution >= 4 is 5.82 Å². The molecule has 0 spiro atoms. The zero-order chi connectivity index (χ0) is 10.8. The Morgan fingerprint density at radius 3 is 2.73 bits per heavy atom. The zero-order valence-corrected chi connectivity index (χ0v) is 9.58. The molecule has 0 aliphatic heterocycles. The molecule has 0 unspecified atom stereocenters. The highest BCUT2D eigenvalue weighted by atomic mass is 16.5. The van der Waals surface area contributed by atoms with Crippen LogP contribution in [-0.2, 0) is 0 Å². The van der Waals surface area contributed by atoms with Crippen LogP contribution in [0.3, 0.4) is 0 Å². The summed E-state index contributed by atoms with van der Waals surface area (Å²) in [7, 11) is 1.88. The van der Waals surface area contributed by atoms with Crippen LogP contribution < -0.4 is 10.1 Å². The van der Waals surface area contributed by atoms with Crippen molar-refractivity contribution in [2.75, 3.05) is 12.4 Å². The van der Waals surface area contributed by atoms with Gasteiger partial charge in [0.2, 0.25) is 0 Å². The molecule has 1 N–H and O–H groups in total. The molecule has 1 aromatic heterocycles. The maximum atomic E-state index is 5.83. The number of aromatic nitrogens is 1. The number of hydrogen-bond acceptors (Lipinski definition) is 3. The number of pyridine rings is 1. The summed E-state index contributed by atoms with van der Waals surface area (Å²) >= 11 is 0. The van der Waals surface area contributed by atoms with Crippen LogP contribution in [0.15, 0.2) is 12.3 Å². The highest BCUT2D eigenvalue weighted by Gasteiger charge is 2.25. The van der Waals surface area contributed by atoms with E-state index in [1.807, 2.05) is 13.2 Å². The fraction of sp³-hybridized carbons (Fsp3) is 0.583. The molecule has 0 atom stereocenters. The molecule has 0 bridgehead atoms. The molecule has 82 valence electrons. The van der Waals surface area contributed by atoms with Crippen LogP contribution in [0.25, 0.3) is 0 Å². The summed E-state index contributed by atoms with van der Waals surface area (Å²) < 4.78 is 5.83. The second-order valence-electron chi connectivity index (χ2n) is 4.33. The van der Waals surface area contributed by atoms with E-state index >= 15 is 0 Å². The monoisotopic (exact) mass is 206 g/mol. The highest BCUT2D eigenvalue weighted by molar-refractivity contribution is 5.45. The van der Waals surface area contributed by atoms with Gasteiger partial charge >= 0.3 is 0 Å². The van der Waals surface area contributed by atoms with Gasteiger partial charge < -0.3 is 10.1 Å². The van der Waals surface area contributed by atoms with Crippen LogP contribution in [0.5, 0.6) is 5.75 Å². The first-order valence-electron chi connectivity index (χ1n) is 5.55. The number of anilines is 1. The van der Waals surface area contributed by atoms with E-state index in [2.05, 4.69) is 30.2 Å². The third-order valence-corrected chi connectivity index (χ3v) is 2.59. The van der Waals surface area contributed by atoms with E-state index in [0.717, 1.165) is 11.6 Å². The van der Waals surface area contributed by atoms with E-state index in [-0.39, 0.29) is 0 Å². The predicted octanol–water partition coefficient (Wildman–Crippen LogP) is 2.79. The first-order valence-corrected chi connectivity index (χ1v) is 5.55. The molecule has 0 aromatic carbocycles. The van der Waals surface area contributed by atoms with Crippen molar-refractivity contribution in [1.29, 1.82) is 0 Å². The van der Waals surface area contributed by atoms with Crippen LogP contribution in [0.1, 0.15) is 38.2 Å². The molecule has 0 radical (unpaired) electrons. The third kappa shape index (κ3) is 2.41. The van der Waals surface area contributed by atoms with Crippen molar-refractivity contribution in [2.24, 2.45) is 0 Å². The summed E-state index contributed by atoms with van der Waals surface area (Å²) in [4.78, 5) is 4.28. The first kappa shape index (κ1) is 10.3. The second-order valence-corrected chi connectivity index (χ2v) is 4.33. The average molecular weight is 206 g/mol. The van der Waals surface area contributed by atoms with Crippen LogP contribution >= 0.6 is 0 Å². The third-order valence-electron chi connectivity index (χ3n) is 2.59. The van der Waals surface area contributed by atoms with Gasteiger partial charge in [-0.25, -0.2) is 4.98 Å². The topological polar surface area (TPSA) is 34.1 Å². The van der Waals surface area contributed by atoms with E-state index in [1.54, 1.807) is 0 Å². The molecule has 0 amide bonds. The Kier molecular flexibility index (Phi) is 2.80. The largest absolute Gasteiger partial charge is 0.489 e. The van der Waals surface area contributed by atoms with Gasteiger partial charge in [0.05, 0.1) is 12.3 Å². The Hall–Kier alpha value is -1.25. The highest BCUT2D eigenvalue weighted by Crippen LogP contribution is 2.33. The molecular weight excluding hydrogens is 188 g/mol. The molecule has 3 heteroatoms. The van der Waals surface area contributed by atoms with Crippen molar-refractivity contribution in [2.45, 2.75) is 38.7 Å². The predicted molar refractivity (Wildman–Crippen MR) is 61.5 cm³/mol.